The van der Waals surface area contributed by atoms with Crippen LogP contribution in [-0.2, 0) is 0 Å². The molecule has 14 heavy (non-hydrogen) atoms. The molecule has 2 rings (SSSR count). The first-order chi connectivity index (χ1) is 6.75. The van der Waals surface area contributed by atoms with Crippen LogP contribution in [0.1, 0.15) is 0 Å². The van der Waals surface area contributed by atoms with Gasteiger partial charge in [0.25, 0.3) is 0 Å². The maximum atomic E-state index is 12.9. The first-order valence-electron chi connectivity index (χ1n) is 4.13. The lowest BCUT2D eigenvalue weighted by molar-refractivity contribution is 0.628. The van der Waals surface area contributed by atoms with E-state index in [2.05, 4.69) is 27.6 Å². The molecule has 0 saturated heterocycles. The zero-order chi connectivity index (χ0) is 9.97. The summed E-state index contributed by atoms with van der Waals surface area (Å²) >= 11 is 2.19. The number of nitrogens with zero attached hydrogens (tertiary/aromatic N) is 1. The first kappa shape index (κ1) is 9.58. The van der Waals surface area contributed by atoms with Gasteiger partial charge in [0.1, 0.15) is 5.82 Å². The fourth-order valence-electron chi connectivity index (χ4n) is 1.19. The minimum atomic E-state index is -0.233. The van der Waals surface area contributed by atoms with Crippen molar-refractivity contribution < 1.29 is 4.39 Å². The Labute approximate surface area is 95.1 Å². The number of hydrogen-bond acceptors (Lipinski definition) is 1. The van der Waals surface area contributed by atoms with Crippen molar-refractivity contribution in [3.8, 4) is 11.3 Å². The predicted octanol–water partition coefficient (Wildman–Crippen LogP) is 3.49. The van der Waals surface area contributed by atoms with Gasteiger partial charge in [-0.05, 0) is 46.9 Å². The highest BCUT2D eigenvalue weighted by atomic mass is 127. The van der Waals surface area contributed by atoms with Gasteiger partial charge in [-0.3, -0.25) is 4.98 Å². The molecule has 3 heteroatoms. The summed E-state index contributed by atoms with van der Waals surface area (Å²) in [6, 6.07) is 10.3. The van der Waals surface area contributed by atoms with Crippen LogP contribution in [0.2, 0.25) is 0 Å². The maximum absolute atomic E-state index is 12.9. The SMILES string of the molecule is Fc1cccc(-c2ccc(I)cn2)c1. The van der Waals surface area contributed by atoms with Crippen LogP contribution in [0.3, 0.4) is 0 Å². The van der Waals surface area contributed by atoms with Gasteiger partial charge in [-0.25, -0.2) is 4.39 Å². The molecule has 0 unspecified atom stereocenters. The van der Waals surface area contributed by atoms with E-state index in [1.54, 1.807) is 12.3 Å². The molecular weight excluding hydrogens is 292 g/mol. The van der Waals surface area contributed by atoms with Crippen LogP contribution in [0.15, 0.2) is 42.6 Å². The fraction of sp³-hybridized carbons (Fsp3) is 0. The van der Waals surface area contributed by atoms with Crippen LogP contribution in [0.25, 0.3) is 11.3 Å². The summed E-state index contributed by atoms with van der Waals surface area (Å²) in [6.07, 6.45) is 1.76. The zero-order valence-corrected chi connectivity index (χ0v) is 9.40. The molecule has 0 fully saturated rings. The van der Waals surface area contributed by atoms with E-state index in [-0.39, 0.29) is 5.82 Å². The van der Waals surface area contributed by atoms with Gasteiger partial charge in [0, 0.05) is 15.3 Å². The summed E-state index contributed by atoms with van der Waals surface area (Å²) in [4.78, 5) is 4.22. The average molecular weight is 299 g/mol. The van der Waals surface area contributed by atoms with E-state index in [4.69, 9.17) is 0 Å². The lowest BCUT2D eigenvalue weighted by atomic mass is 10.1. The fourth-order valence-corrected chi connectivity index (χ4v) is 1.51. The molecule has 2 aromatic rings. The van der Waals surface area contributed by atoms with E-state index in [0.717, 1.165) is 14.8 Å². The highest BCUT2D eigenvalue weighted by molar-refractivity contribution is 14.1. The molecule has 1 nitrogen and oxygen atoms in total. The summed E-state index contributed by atoms with van der Waals surface area (Å²) < 4.78 is 14.0. The average Bonchev–Trinajstić information content (AvgIpc) is 2.19. The molecule has 0 atom stereocenters. The van der Waals surface area contributed by atoms with E-state index in [1.807, 2.05) is 18.2 Å². The molecule has 0 bridgehead atoms. The molecule has 1 aromatic heterocycles. The molecule has 1 heterocycles. The van der Waals surface area contributed by atoms with Crippen molar-refractivity contribution in [2.75, 3.05) is 0 Å². The Bertz CT molecular complexity index is 439. The maximum Gasteiger partial charge on any atom is 0.123 e. The monoisotopic (exact) mass is 299 g/mol. The van der Waals surface area contributed by atoms with E-state index in [9.17, 15) is 4.39 Å². The summed E-state index contributed by atoms with van der Waals surface area (Å²) in [5.74, 6) is -0.233. The topological polar surface area (TPSA) is 12.9 Å². The van der Waals surface area contributed by atoms with Crippen LogP contribution < -0.4 is 0 Å². The van der Waals surface area contributed by atoms with E-state index in [1.165, 1.54) is 12.1 Å². The van der Waals surface area contributed by atoms with Crippen LogP contribution in [0.5, 0.6) is 0 Å². The summed E-state index contributed by atoms with van der Waals surface area (Å²) in [7, 11) is 0. The zero-order valence-electron chi connectivity index (χ0n) is 7.24. The first-order valence-corrected chi connectivity index (χ1v) is 5.21. The van der Waals surface area contributed by atoms with Gasteiger partial charge in [-0.15, -0.1) is 0 Å². The normalized spacial score (nSPS) is 10.1. The largest absolute Gasteiger partial charge is 0.255 e. The molecule has 0 aliphatic carbocycles. The lowest BCUT2D eigenvalue weighted by Crippen LogP contribution is -1.84. The van der Waals surface area contributed by atoms with Gasteiger partial charge in [0.05, 0.1) is 5.69 Å². The highest BCUT2D eigenvalue weighted by Gasteiger charge is 1.99. The van der Waals surface area contributed by atoms with Crippen molar-refractivity contribution in [3.63, 3.8) is 0 Å². The summed E-state index contributed by atoms with van der Waals surface area (Å²) in [6.45, 7) is 0. The second-order valence-corrected chi connectivity index (χ2v) is 4.12. The molecular formula is C11H7FIN. The Morgan fingerprint density at radius 3 is 2.64 bits per heavy atom. The van der Waals surface area contributed by atoms with Gasteiger partial charge in [-0.1, -0.05) is 12.1 Å². The van der Waals surface area contributed by atoms with E-state index in [0.29, 0.717) is 0 Å². The number of hydrogen-bond donors (Lipinski definition) is 0. The number of rotatable bonds is 1. The van der Waals surface area contributed by atoms with Crippen LogP contribution in [0.4, 0.5) is 4.39 Å². The summed E-state index contributed by atoms with van der Waals surface area (Å²) in [5, 5.41) is 0. The lowest BCUT2D eigenvalue weighted by Gasteiger charge is -2.00. The highest BCUT2D eigenvalue weighted by Crippen LogP contribution is 2.18. The minimum Gasteiger partial charge on any atom is -0.255 e. The van der Waals surface area contributed by atoms with Crippen LogP contribution in [-0.4, -0.2) is 4.98 Å². The third-order valence-electron chi connectivity index (χ3n) is 1.85. The van der Waals surface area contributed by atoms with Crippen molar-refractivity contribution in [1.82, 2.24) is 4.98 Å². The minimum absolute atomic E-state index is 0.233. The Kier molecular flexibility index (Phi) is 2.77. The number of pyridine rings is 1. The van der Waals surface area contributed by atoms with Gasteiger partial charge < -0.3 is 0 Å². The molecule has 0 amide bonds. The van der Waals surface area contributed by atoms with Crippen molar-refractivity contribution in [2.45, 2.75) is 0 Å². The van der Waals surface area contributed by atoms with E-state index >= 15 is 0 Å². The molecule has 0 aliphatic rings. The molecule has 0 radical (unpaired) electrons. The second kappa shape index (κ2) is 4.04. The van der Waals surface area contributed by atoms with Gasteiger partial charge in [-0.2, -0.15) is 0 Å². The Balaban J connectivity index is 2.44. The number of halogens is 2. The molecule has 0 spiro atoms. The molecule has 0 saturated carbocycles. The van der Waals surface area contributed by atoms with Crippen molar-refractivity contribution in [1.29, 1.82) is 0 Å². The van der Waals surface area contributed by atoms with E-state index < -0.39 is 0 Å². The smallest absolute Gasteiger partial charge is 0.123 e. The van der Waals surface area contributed by atoms with Crippen molar-refractivity contribution >= 4 is 22.6 Å². The number of aromatic nitrogens is 1. The molecule has 0 aliphatic heterocycles. The van der Waals surface area contributed by atoms with Gasteiger partial charge in [0.2, 0.25) is 0 Å². The van der Waals surface area contributed by atoms with Crippen molar-refractivity contribution in [3.05, 3.63) is 52.0 Å². The second-order valence-electron chi connectivity index (χ2n) is 2.87. The quantitative estimate of drug-likeness (QED) is 0.735. The standard InChI is InChI=1S/C11H7FIN/c12-9-3-1-2-8(6-9)11-5-4-10(13)7-14-11/h1-7H. The van der Waals surface area contributed by atoms with Gasteiger partial charge in [0.15, 0.2) is 0 Å². The van der Waals surface area contributed by atoms with Crippen LogP contribution >= 0.6 is 22.6 Å². The van der Waals surface area contributed by atoms with Crippen LogP contribution in [0, 0.1) is 9.39 Å². The Morgan fingerprint density at radius 1 is 1.14 bits per heavy atom. The summed E-state index contributed by atoms with van der Waals surface area (Å²) in [5.41, 5.74) is 1.60. The molecule has 0 N–H and O–H groups in total. The Hall–Kier alpha value is -0.970. The van der Waals surface area contributed by atoms with Crippen molar-refractivity contribution in [2.24, 2.45) is 0 Å². The third kappa shape index (κ3) is 2.09. The Morgan fingerprint density at radius 2 is 2.00 bits per heavy atom. The molecule has 70 valence electrons. The number of benzene rings is 1. The third-order valence-corrected chi connectivity index (χ3v) is 2.49. The predicted molar refractivity (Wildman–Crippen MR) is 62.3 cm³/mol. The molecule has 1 aromatic carbocycles. The van der Waals surface area contributed by atoms with Gasteiger partial charge >= 0.3 is 0 Å².